The lowest BCUT2D eigenvalue weighted by atomic mass is 10.0. The smallest absolute Gasteiger partial charge is 0.328 e. The van der Waals surface area contributed by atoms with E-state index in [0.29, 0.717) is 12.0 Å². The van der Waals surface area contributed by atoms with Crippen molar-refractivity contribution in [3.63, 3.8) is 0 Å². The zero-order valence-electron chi connectivity index (χ0n) is 16.1. The van der Waals surface area contributed by atoms with Crippen LogP contribution in [0.4, 0.5) is 0 Å². The minimum atomic E-state index is -0.764. The van der Waals surface area contributed by atoms with Crippen molar-refractivity contribution in [2.24, 2.45) is 0 Å². The first-order chi connectivity index (χ1) is 14.1. The van der Waals surface area contributed by atoms with Crippen molar-refractivity contribution in [3.8, 4) is 0 Å². The summed E-state index contributed by atoms with van der Waals surface area (Å²) >= 11 is 0. The predicted molar refractivity (Wildman–Crippen MR) is 115 cm³/mol. The van der Waals surface area contributed by atoms with Crippen LogP contribution in [0.2, 0.25) is 0 Å². The zero-order chi connectivity index (χ0) is 20.2. The second-order valence-corrected chi connectivity index (χ2v) is 7.00. The Morgan fingerprint density at radius 1 is 0.793 bits per heavy atom. The summed E-state index contributed by atoms with van der Waals surface area (Å²) in [7, 11) is 1.33. The largest absolute Gasteiger partial charge is 0.467 e. The summed E-state index contributed by atoms with van der Waals surface area (Å²) in [6, 6.07) is 26.6. The number of carbonyl (C=O) groups is 2. The molecule has 0 bridgehead atoms. The van der Waals surface area contributed by atoms with Gasteiger partial charge in [0.05, 0.1) is 7.11 Å². The maximum atomic E-state index is 12.8. The summed E-state index contributed by atoms with van der Waals surface area (Å²) in [6.07, 6.45) is 0.358. The number of ether oxygens (including phenoxy) is 1. The normalized spacial score (nSPS) is 11.9. The van der Waals surface area contributed by atoms with Crippen LogP contribution in [-0.2, 0) is 16.0 Å². The second-order valence-electron chi connectivity index (χ2n) is 7.00. The molecule has 4 aromatic carbocycles. The van der Waals surface area contributed by atoms with Gasteiger partial charge in [-0.1, -0.05) is 72.8 Å². The van der Waals surface area contributed by atoms with Gasteiger partial charge in [-0.2, -0.15) is 0 Å². The summed E-state index contributed by atoms with van der Waals surface area (Å²) in [6.45, 7) is 0. The Morgan fingerprint density at radius 3 is 2.03 bits per heavy atom. The average molecular weight is 383 g/mol. The van der Waals surface area contributed by atoms with E-state index < -0.39 is 12.0 Å². The molecule has 0 spiro atoms. The van der Waals surface area contributed by atoms with Crippen LogP contribution in [-0.4, -0.2) is 25.0 Å². The van der Waals surface area contributed by atoms with Gasteiger partial charge < -0.3 is 10.1 Å². The van der Waals surface area contributed by atoms with E-state index in [1.165, 1.54) is 7.11 Å². The van der Waals surface area contributed by atoms with Crippen LogP contribution < -0.4 is 5.32 Å². The Hall–Kier alpha value is -3.66. The molecule has 4 heteroatoms. The van der Waals surface area contributed by atoms with Gasteiger partial charge in [-0.15, -0.1) is 0 Å². The molecule has 0 aliphatic carbocycles. The summed E-state index contributed by atoms with van der Waals surface area (Å²) in [5, 5.41) is 7.09. The first-order valence-corrected chi connectivity index (χ1v) is 9.49. The molecule has 1 N–H and O–H groups in total. The van der Waals surface area contributed by atoms with Crippen molar-refractivity contribution in [1.29, 1.82) is 0 Å². The minimum absolute atomic E-state index is 0.299. The standard InChI is InChI=1S/C25H21NO3/c1-29-25(28)23(15-17-10-11-18-6-2-4-8-20(18)14-17)26-24(27)22-13-12-19-7-3-5-9-21(19)16-22/h2-14,16,23H,15H2,1H3,(H,26,27)/t23-/m0/s1. The molecule has 0 aliphatic rings. The number of hydrogen-bond donors (Lipinski definition) is 1. The maximum absolute atomic E-state index is 12.8. The van der Waals surface area contributed by atoms with Gasteiger partial charge in [0.1, 0.15) is 6.04 Å². The summed E-state index contributed by atoms with van der Waals surface area (Å²) in [5.74, 6) is -0.765. The second kappa shape index (κ2) is 8.15. The van der Waals surface area contributed by atoms with Crippen LogP contribution in [0.15, 0.2) is 84.9 Å². The highest BCUT2D eigenvalue weighted by atomic mass is 16.5. The van der Waals surface area contributed by atoms with E-state index in [9.17, 15) is 9.59 Å². The number of benzene rings is 4. The highest BCUT2D eigenvalue weighted by Gasteiger charge is 2.23. The molecule has 0 saturated carbocycles. The topological polar surface area (TPSA) is 55.4 Å². The van der Waals surface area contributed by atoms with Crippen molar-refractivity contribution in [1.82, 2.24) is 5.32 Å². The van der Waals surface area contributed by atoms with Crippen molar-refractivity contribution >= 4 is 33.4 Å². The van der Waals surface area contributed by atoms with E-state index in [-0.39, 0.29) is 5.91 Å². The number of fused-ring (bicyclic) bond motifs is 2. The Bertz CT molecular complexity index is 1200. The average Bonchev–Trinajstić information content (AvgIpc) is 2.77. The van der Waals surface area contributed by atoms with Gasteiger partial charge in [-0.3, -0.25) is 4.79 Å². The lowest BCUT2D eigenvalue weighted by Gasteiger charge is -2.17. The van der Waals surface area contributed by atoms with Gasteiger partial charge in [-0.05, 0) is 39.2 Å². The van der Waals surface area contributed by atoms with Crippen LogP contribution in [0.25, 0.3) is 21.5 Å². The number of rotatable bonds is 5. The van der Waals surface area contributed by atoms with E-state index in [2.05, 4.69) is 5.32 Å². The van der Waals surface area contributed by atoms with Crippen LogP contribution >= 0.6 is 0 Å². The van der Waals surface area contributed by atoms with E-state index in [1.807, 2.05) is 78.9 Å². The number of methoxy groups -OCH3 is 1. The molecule has 1 atom stereocenters. The molecule has 0 aliphatic heterocycles. The van der Waals surface area contributed by atoms with Crippen LogP contribution in [0.3, 0.4) is 0 Å². The maximum Gasteiger partial charge on any atom is 0.328 e. The molecule has 4 aromatic rings. The first-order valence-electron chi connectivity index (χ1n) is 9.49. The Labute approximate surface area is 169 Å². The fourth-order valence-corrected chi connectivity index (χ4v) is 3.51. The lowest BCUT2D eigenvalue weighted by Crippen LogP contribution is -2.43. The van der Waals surface area contributed by atoms with Crippen LogP contribution in [0.5, 0.6) is 0 Å². The molecule has 29 heavy (non-hydrogen) atoms. The molecule has 0 aromatic heterocycles. The molecule has 4 nitrogen and oxygen atoms in total. The van der Waals surface area contributed by atoms with Crippen molar-refractivity contribution < 1.29 is 14.3 Å². The zero-order valence-corrected chi connectivity index (χ0v) is 16.1. The molecule has 0 radical (unpaired) electrons. The highest BCUT2D eigenvalue weighted by molar-refractivity contribution is 6.00. The van der Waals surface area contributed by atoms with Gasteiger partial charge in [0.25, 0.3) is 5.91 Å². The molecule has 0 saturated heterocycles. The molecule has 0 heterocycles. The number of carbonyl (C=O) groups excluding carboxylic acids is 2. The Kier molecular flexibility index (Phi) is 5.25. The summed E-state index contributed by atoms with van der Waals surface area (Å²) in [5.41, 5.74) is 1.47. The van der Waals surface area contributed by atoms with E-state index in [4.69, 9.17) is 4.74 Å². The summed E-state index contributed by atoms with van der Waals surface area (Å²) < 4.78 is 4.93. The molecule has 1 amide bonds. The third-order valence-corrected chi connectivity index (χ3v) is 5.06. The van der Waals surface area contributed by atoms with E-state index >= 15 is 0 Å². The predicted octanol–water partition coefficient (Wildman–Crippen LogP) is 4.51. The Morgan fingerprint density at radius 2 is 1.38 bits per heavy atom. The van der Waals surface area contributed by atoms with Gasteiger partial charge in [0, 0.05) is 12.0 Å². The number of esters is 1. The van der Waals surface area contributed by atoms with Crippen LogP contribution in [0, 0.1) is 0 Å². The minimum Gasteiger partial charge on any atom is -0.467 e. The monoisotopic (exact) mass is 383 g/mol. The van der Waals surface area contributed by atoms with Crippen LogP contribution in [0.1, 0.15) is 15.9 Å². The fourth-order valence-electron chi connectivity index (χ4n) is 3.51. The highest BCUT2D eigenvalue weighted by Crippen LogP contribution is 2.18. The third kappa shape index (κ3) is 4.11. The van der Waals surface area contributed by atoms with Gasteiger partial charge in [0.15, 0.2) is 0 Å². The number of hydrogen-bond acceptors (Lipinski definition) is 3. The molecular formula is C25H21NO3. The van der Waals surface area contributed by atoms with Crippen molar-refractivity contribution in [2.75, 3.05) is 7.11 Å². The number of amides is 1. The molecule has 0 unspecified atom stereocenters. The Balaban J connectivity index is 1.57. The summed E-state index contributed by atoms with van der Waals surface area (Å²) in [4.78, 5) is 25.1. The fraction of sp³-hybridized carbons (Fsp3) is 0.120. The molecule has 144 valence electrons. The van der Waals surface area contributed by atoms with E-state index in [0.717, 1.165) is 27.1 Å². The molecule has 0 fully saturated rings. The van der Waals surface area contributed by atoms with Gasteiger partial charge >= 0.3 is 5.97 Å². The first kappa shape index (κ1) is 18.7. The van der Waals surface area contributed by atoms with Gasteiger partial charge in [-0.25, -0.2) is 4.79 Å². The third-order valence-electron chi connectivity index (χ3n) is 5.06. The van der Waals surface area contributed by atoms with Crippen molar-refractivity contribution in [2.45, 2.75) is 12.5 Å². The van der Waals surface area contributed by atoms with E-state index in [1.54, 1.807) is 6.07 Å². The number of nitrogens with one attached hydrogen (secondary N) is 1. The van der Waals surface area contributed by atoms with Crippen molar-refractivity contribution in [3.05, 3.63) is 96.1 Å². The van der Waals surface area contributed by atoms with Gasteiger partial charge in [0.2, 0.25) is 0 Å². The molecule has 4 rings (SSSR count). The quantitative estimate of drug-likeness (QED) is 0.516. The molecular weight excluding hydrogens is 362 g/mol. The lowest BCUT2D eigenvalue weighted by molar-refractivity contribution is -0.142. The SMILES string of the molecule is COC(=O)[C@H](Cc1ccc2ccccc2c1)NC(=O)c1ccc2ccccc2c1.